The smallest absolute Gasteiger partial charge is 0.322 e. The van der Waals surface area contributed by atoms with Crippen LogP contribution < -0.4 is 5.32 Å². The number of piperidine rings is 1. The number of Topliss-reactive ketones (excluding diaryl/α,β-unsaturated/α-hetero) is 1. The average Bonchev–Trinajstić information content (AvgIpc) is 2.93. The van der Waals surface area contributed by atoms with Gasteiger partial charge < -0.3 is 19.7 Å². The fraction of sp³-hybridized carbons (Fsp3) is 0.379. The molecule has 2 amide bonds. The molecule has 2 fully saturated rings. The van der Waals surface area contributed by atoms with Gasteiger partial charge in [-0.3, -0.25) is 19.2 Å². The molecule has 2 aliphatic rings. The van der Waals surface area contributed by atoms with E-state index in [1.54, 1.807) is 4.90 Å². The number of likely N-dealkylation sites (tertiary alicyclic amines) is 1. The fourth-order valence-electron chi connectivity index (χ4n) is 5.02. The number of benzene rings is 2. The Balaban J connectivity index is 1.44. The number of methoxy groups -OCH3 is 1. The van der Waals surface area contributed by atoms with Gasteiger partial charge in [0.05, 0.1) is 19.6 Å². The zero-order valence-corrected chi connectivity index (χ0v) is 21.1. The summed E-state index contributed by atoms with van der Waals surface area (Å²) in [6, 6.07) is 18.4. The molecular weight excluding hydrogens is 472 g/mol. The van der Waals surface area contributed by atoms with Crippen molar-refractivity contribution in [2.75, 3.05) is 25.5 Å². The number of amides is 2. The number of anilines is 1. The van der Waals surface area contributed by atoms with Crippen LogP contribution in [-0.2, 0) is 28.7 Å². The van der Waals surface area contributed by atoms with Gasteiger partial charge in [-0.2, -0.15) is 0 Å². The maximum Gasteiger partial charge on any atom is 0.322 e. The maximum atomic E-state index is 13.4. The monoisotopic (exact) mass is 504 g/mol. The molecule has 8 nitrogen and oxygen atoms in total. The van der Waals surface area contributed by atoms with Crippen LogP contribution in [0.25, 0.3) is 0 Å². The summed E-state index contributed by atoms with van der Waals surface area (Å²) >= 11 is 0. The average molecular weight is 505 g/mol. The van der Waals surface area contributed by atoms with Crippen molar-refractivity contribution < 1.29 is 28.7 Å². The van der Waals surface area contributed by atoms with Crippen molar-refractivity contribution in [1.82, 2.24) is 4.90 Å². The molecule has 0 aromatic heterocycles. The molecular formula is C29H32N2O6. The van der Waals surface area contributed by atoms with E-state index < -0.39 is 29.4 Å². The molecule has 2 aromatic carbocycles. The summed E-state index contributed by atoms with van der Waals surface area (Å²) in [4.78, 5) is 53.9. The highest BCUT2D eigenvalue weighted by molar-refractivity contribution is 6.13. The quantitative estimate of drug-likeness (QED) is 0.366. The van der Waals surface area contributed by atoms with Crippen molar-refractivity contribution in [2.45, 2.75) is 38.4 Å². The lowest BCUT2D eigenvalue weighted by atomic mass is 9.72. The molecule has 2 aliphatic heterocycles. The SMILES string of the molecule is C=C1C(=O)[C@](C)(C(=O)OC)[C@@H](CC(=O)N2CCC(C(=O)Nc3ccccc3)CC2)O[C@H]1c1ccccc1. The van der Waals surface area contributed by atoms with E-state index in [1.807, 2.05) is 60.7 Å². The number of hydrogen-bond acceptors (Lipinski definition) is 6. The second kappa shape index (κ2) is 11.1. The summed E-state index contributed by atoms with van der Waals surface area (Å²) in [5.41, 5.74) is -0.0917. The second-order valence-electron chi connectivity index (χ2n) is 9.68. The van der Waals surface area contributed by atoms with Crippen LogP contribution in [0, 0.1) is 11.3 Å². The molecule has 0 aliphatic carbocycles. The van der Waals surface area contributed by atoms with Crippen molar-refractivity contribution in [3.63, 3.8) is 0 Å². The topological polar surface area (TPSA) is 102 Å². The highest BCUT2D eigenvalue weighted by atomic mass is 16.5. The van der Waals surface area contributed by atoms with E-state index in [2.05, 4.69) is 11.9 Å². The van der Waals surface area contributed by atoms with E-state index in [0.29, 0.717) is 25.9 Å². The van der Waals surface area contributed by atoms with Crippen LogP contribution in [0.1, 0.15) is 37.9 Å². The van der Waals surface area contributed by atoms with Gasteiger partial charge >= 0.3 is 5.97 Å². The molecule has 2 aromatic rings. The number of nitrogens with one attached hydrogen (secondary N) is 1. The first-order valence-electron chi connectivity index (χ1n) is 12.4. The van der Waals surface area contributed by atoms with Crippen LogP contribution >= 0.6 is 0 Å². The van der Waals surface area contributed by atoms with Crippen molar-refractivity contribution in [2.24, 2.45) is 11.3 Å². The molecule has 194 valence electrons. The molecule has 2 heterocycles. The summed E-state index contributed by atoms with van der Waals surface area (Å²) in [5.74, 6) is -1.77. The van der Waals surface area contributed by atoms with Crippen molar-refractivity contribution in [1.29, 1.82) is 0 Å². The van der Waals surface area contributed by atoms with E-state index >= 15 is 0 Å². The summed E-state index contributed by atoms with van der Waals surface area (Å²) in [6.45, 7) is 6.16. The van der Waals surface area contributed by atoms with Crippen molar-refractivity contribution in [3.05, 3.63) is 78.4 Å². The Morgan fingerprint density at radius 2 is 1.65 bits per heavy atom. The Morgan fingerprint density at radius 3 is 2.24 bits per heavy atom. The van der Waals surface area contributed by atoms with Gasteiger partial charge in [-0.25, -0.2) is 0 Å². The van der Waals surface area contributed by atoms with E-state index in [1.165, 1.54) is 14.0 Å². The molecule has 0 saturated carbocycles. The lowest BCUT2D eigenvalue weighted by molar-refractivity contribution is -0.178. The Morgan fingerprint density at radius 1 is 1.05 bits per heavy atom. The Labute approximate surface area is 216 Å². The number of rotatable bonds is 6. The number of nitrogens with zero attached hydrogens (tertiary/aromatic N) is 1. The molecule has 1 N–H and O–H groups in total. The standard InChI is InChI=1S/C29H32N2O6/c1-19-25(20-10-6-4-7-11-20)37-23(29(2,26(19)33)28(35)36-3)18-24(32)31-16-14-21(15-17-31)27(34)30-22-12-8-5-9-13-22/h4-13,21,23,25H,1,14-18H2,2-3H3,(H,30,34)/t23-,25-,29-/m1/s1. The maximum absolute atomic E-state index is 13.4. The fourth-order valence-corrected chi connectivity index (χ4v) is 5.02. The molecule has 3 atom stereocenters. The van der Waals surface area contributed by atoms with Crippen molar-refractivity contribution >= 4 is 29.3 Å². The third-order valence-electron chi connectivity index (χ3n) is 7.36. The van der Waals surface area contributed by atoms with Crippen molar-refractivity contribution in [3.8, 4) is 0 Å². The molecule has 4 rings (SSSR count). The van der Waals surface area contributed by atoms with Gasteiger partial charge in [-0.1, -0.05) is 55.1 Å². The minimum Gasteiger partial charge on any atom is -0.468 e. The zero-order chi connectivity index (χ0) is 26.6. The number of hydrogen-bond donors (Lipinski definition) is 1. The third-order valence-corrected chi connectivity index (χ3v) is 7.36. The van der Waals surface area contributed by atoms with Crippen LogP contribution in [0.2, 0.25) is 0 Å². The number of ketones is 1. The van der Waals surface area contributed by atoms with Crippen LogP contribution in [0.3, 0.4) is 0 Å². The van der Waals surface area contributed by atoms with Gasteiger partial charge in [0.1, 0.15) is 6.10 Å². The Hall–Kier alpha value is -3.78. The van der Waals surface area contributed by atoms with Crippen LogP contribution in [0.5, 0.6) is 0 Å². The number of carbonyl (C=O) groups is 4. The molecule has 0 spiro atoms. The van der Waals surface area contributed by atoms with E-state index in [-0.39, 0.29) is 29.7 Å². The first-order valence-corrected chi connectivity index (χ1v) is 12.4. The number of esters is 1. The third kappa shape index (κ3) is 5.34. The lowest BCUT2D eigenvalue weighted by Gasteiger charge is -2.42. The molecule has 2 saturated heterocycles. The molecule has 37 heavy (non-hydrogen) atoms. The van der Waals surface area contributed by atoms with Crippen LogP contribution in [-0.4, -0.2) is 54.8 Å². The Kier molecular flexibility index (Phi) is 7.88. The van der Waals surface area contributed by atoms with E-state index in [9.17, 15) is 19.2 Å². The summed E-state index contributed by atoms with van der Waals surface area (Å²) in [6.07, 6.45) is -0.931. The van der Waals surface area contributed by atoms with Crippen LogP contribution in [0.4, 0.5) is 5.69 Å². The Bertz CT molecular complexity index is 1170. The lowest BCUT2D eigenvalue weighted by Crippen LogP contribution is -2.55. The summed E-state index contributed by atoms with van der Waals surface area (Å²) in [7, 11) is 1.21. The predicted octanol–water partition coefficient (Wildman–Crippen LogP) is 3.70. The number of carbonyl (C=O) groups excluding carboxylic acids is 4. The minimum absolute atomic E-state index is 0.0676. The molecule has 0 unspecified atom stereocenters. The number of para-hydroxylation sites is 1. The van der Waals surface area contributed by atoms with Gasteiger partial charge in [0.15, 0.2) is 11.2 Å². The first kappa shape index (κ1) is 26.3. The first-order chi connectivity index (χ1) is 17.8. The second-order valence-corrected chi connectivity index (χ2v) is 9.68. The highest BCUT2D eigenvalue weighted by Gasteiger charge is 2.56. The minimum atomic E-state index is -1.69. The highest BCUT2D eigenvalue weighted by Crippen LogP contribution is 2.44. The van der Waals surface area contributed by atoms with E-state index in [0.717, 1.165) is 11.3 Å². The predicted molar refractivity (Wildman–Crippen MR) is 137 cm³/mol. The van der Waals surface area contributed by atoms with Gasteiger partial charge in [0.25, 0.3) is 0 Å². The van der Waals surface area contributed by atoms with Gasteiger partial charge in [-0.15, -0.1) is 0 Å². The zero-order valence-electron chi connectivity index (χ0n) is 21.1. The largest absolute Gasteiger partial charge is 0.468 e. The normalized spacial score (nSPS) is 24.4. The summed E-state index contributed by atoms with van der Waals surface area (Å²) in [5, 5.41) is 2.92. The van der Waals surface area contributed by atoms with Gasteiger partial charge in [-0.05, 0) is 37.5 Å². The van der Waals surface area contributed by atoms with Crippen LogP contribution in [0.15, 0.2) is 72.8 Å². The van der Waals surface area contributed by atoms with Gasteiger partial charge in [0, 0.05) is 30.3 Å². The number of ether oxygens (including phenoxy) is 2. The molecule has 0 radical (unpaired) electrons. The van der Waals surface area contributed by atoms with E-state index in [4.69, 9.17) is 9.47 Å². The summed E-state index contributed by atoms with van der Waals surface area (Å²) < 4.78 is 11.2. The van der Waals surface area contributed by atoms with Gasteiger partial charge in [0.2, 0.25) is 11.8 Å². The molecule has 8 heteroatoms. The molecule has 0 bridgehead atoms.